The first-order valence-electron chi connectivity index (χ1n) is 18.4. The van der Waals surface area contributed by atoms with Gasteiger partial charge in [0.2, 0.25) is 10.0 Å². The minimum Gasteiger partial charge on any atom is -0.431 e. The highest BCUT2D eigenvalue weighted by molar-refractivity contribution is 7.99. The highest BCUT2D eigenvalue weighted by atomic mass is 32.2. The lowest BCUT2D eigenvalue weighted by molar-refractivity contribution is -0.255. The molecule has 7 aromatic rings. The molecule has 0 spiro atoms. The summed E-state index contributed by atoms with van der Waals surface area (Å²) in [5.41, 5.74) is 7.11. The zero-order chi connectivity index (χ0) is 38.3. The smallest absolute Gasteiger partial charge is 0.256 e. The molecule has 2 heterocycles. The van der Waals surface area contributed by atoms with Gasteiger partial charge in [-0.2, -0.15) is 0 Å². The van der Waals surface area contributed by atoms with Gasteiger partial charge >= 0.3 is 0 Å². The van der Waals surface area contributed by atoms with Gasteiger partial charge in [0.05, 0.1) is 23.7 Å². The predicted molar refractivity (Wildman–Crippen MR) is 218 cm³/mol. The molecule has 1 fully saturated rings. The van der Waals surface area contributed by atoms with E-state index in [0.29, 0.717) is 16.7 Å². The third kappa shape index (κ3) is 8.56. The number of thioether (sulfide) groups is 1. The van der Waals surface area contributed by atoms with E-state index in [4.69, 9.17) is 18.9 Å². The van der Waals surface area contributed by atoms with Crippen molar-refractivity contribution >= 4 is 21.8 Å². The maximum atomic E-state index is 12.9. The molecule has 1 saturated heterocycles. The molecule has 10 heteroatoms. The van der Waals surface area contributed by atoms with Crippen LogP contribution in [0, 0.1) is 0 Å². The molecular weight excluding hydrogens is 741 g/mol. The van der Waals surface area contributed by atoms with E-state index in [1.165, 1.54) is 11.8 Å². The SMILES string of the molecule is O=S(=O)(NCc1ccc(C2O[C@H](CSc3nc(-c4ccccc4)c(-c4ccccc4)o3)[C@@H](c3ccccc3)[C@H](c3ccc(CO)cc3)O2)cc1)c1ccccc1. The quantitative estimate of drug-likeness (QED) is 0.111. The van der Waals surface area contributed by atoms with Crippen molar-refractivity contribution in [3.05, 3.63) is 198 Å². The molecule has 282 valence electrons. The van der Waals surface area contributed by atoms with Crippen molar-refractivity contribution < 1.29 is 27.4 Å². The van der Waals surface area contributed by atoms with Gasteiger partial charge in [-0.25, -0.2) is 18.1 Å². The Kier molecular flexibility index (Phi) is 11.6. The maximum Gasteiger partial charge on any atom is 0.256 e. The average molecular weight is 781 g/mol. The molecule has 1 aliphatic heterocycles. The van der Waals surface area contributed by atoms with Crippen LogP contribution >= 0.6 is 11.8 Å². The van der Waals surface area contributed by atoms with Crippen LogP contribution in [0.5, 0.6) is 0 Å². The predicted octanol–water partition coefficient (Wildman–Crippen LogP) is 9.71. The van der Waals surface area contributed by atoms with Gasteiger partial charge < -0.3 is 19.0 Å². The number of hydrogen-bond donors (Lipinski definition) is 2. The Morgan fingerprint density at radius 3 is 1.84 bits per heavy atom. The lowest BCUT2D eigenvalue weighted by atomic mass is 9.84. The number of aliphatic hydroxyl groups is 1. The van der Waals surface area contributed by atoms with Crippen molar-refractivity contribution in [2.75, 3.05) is 5.75 Å². The molecular formula is C46H40N2O6S2. The topological polar surface area (TPSA) is 111 Å². The molecule has 1 aliphatic rings. The molecule has 1 aromatic heterocycles. The zero-order valence-corrected chi connectivity index (χ0v) is 32.0. The molecule has 8 nitrogen and oxygen atoms in total. The summed E-state index contributed by atoms with van der Waals surface area (Å²) in [4.78, 5) is 5.23. The van der Waals surface area contributed by atoms with Gasteiger partial charge in [-0.1, -0.05) is 169 Å². The lowest BCUT2D eigenvalue weighted by Gasteiger charge is -2.43. The summed E-state index contributed by atoms with van der Waals surface area (Å²) in [6, 6.07) is 54.1. The summed E-state index contributed by atoms with van der Waals surface area (Å²) in [6.45, 7) is 0.0734. The first kappa shape index (κ1) is 37.6. The standard InChI is InChI=1S/C46H40N2O6S2/c49-30-33-23-25-37(26-24-33)43-41(34-13-5-1-6-14-34)40(31-55-46-48-42(35-15-7-2-8-16-35)44(54-46)36-17-9-3-10-18-36)52-45(53-43)38-27-21-32(22-28-38)29-47-56(50,51)39-19-11-4-12-20-39/h1-28,40-41,43,45,47,49H,29-31H2/t40-,41-,43+,45?/m1/s1. The summed E-state index contributed by atoms with van der Waals surface area (Å²) in [7, 11) is -3.66. The summed E-state index contributed by atoms with van der Waals surface area (Å²) in [6.07, 6.45) is -1.49. The van der Waals surface area contributed by atoms with E-state index < -0.39 is 22.4 Å². The van der Waals surface area contributed by atoms with E-state index in [0.717, 1.165) is 44.6 Å². The van der Waals surface area contributed by atoms with Gasteiger partial charge in [0.25, 0.3) is 5.22 Å². The van der Waals surface area contributed by atoms with E-state index >= 15 is 0 Å². The molecule has 0 saturated carbocycles. The fourth-order valence-electron chi connectivity index (χ4n) is 6.90. The Hall–Kier alpha value is -5.33. The van der Waals surface area contributed by atoms with E-state index in [1.54, 1.807) is 30.3 Å². The molecule has 6 aromatic carbocycles. The van der Waals surface area contributed by atoms with Crippen molar-refractivity contribution in [1.29, 1.82) is 0 Å². The Bertz CT molecular complexity index is 2370. The van der Waals surface area contributed by atoms with Crippen molar-refractivity contribution in [1.82, 2.24) is 9.71 Å². The number of sulfonamides is 1. The van der Waals surface area contributed by atoms with Gasteiger partial charge in [0.15, 0.2) is 12.1 Å². The molecule has 0 bridgehead atoms. The van der Waals surface area contributed by atoms with Gasteiger partial charge in [-0.15, -0.1) is 0 Å². The summed E-state index contributed by atoms with van der Waals surface area (Å²) in [5, 5.41) is 10.3. The monoisotopic (exact) mass is 780 g/mol. The van der Waals surface area contributed by atoms with Gasteiger partial charge in [-0.05, 0) is 34.4 Å². The van der Waals surface area contributed by atoms with Crippen LogP contribution in [0.2, 0.25) is 0 Å². The Morgan fingerprint density at radius 1 is 0.625 bits per heavy atom. The van der Waals surface area contributed by atoms with E-state index in [9.17, 15) is 13.5 Å². The van der Waals surface area contributed by atoms with E-state index in [1.807, 2.05) is 127 Å². The minimum atomic E-state index is -3.66. The largest absolute Gasteiger partial charge is 0.431 e. The van der Waals surface area contributed by atoms with Crippen molar-refractivity contribution in [3.8, 4) is 22.6 Å². The first-order valence-corrected chi connectivity index (χ1v) is 20.9. The number of ether oxygens (including phenoxy) is 2. The van der Waals surface area contributed by atoms with Gasteiger partial charge in [0, 0.05) is 34.9 Å². The number of rotatable bonds is 13. The fourth-order valence-corrected chi connectivity index (χ4v) is 8.83. The van der Waals surface area contributed by atoms with Crippen LogP contribution in [0.25, 0.3) is 22.6 Å². The molecule has 0 aliphatic carbocycles. The van der Waals surface area contributed by atoms with Crippen LogP contribution in [-0.4, -0.2) is 30.4 Å². The average Bonchev–Trinajstić information content (AvgIpc) is 3.70. The normalized spacial score (nSPS) is 18.4. The first-order chi connectivity index (χ1) is 27.4. The van der Waals surface area contributed by atoms with Crippen LogP contribution in [0.1, 0.15) is 46.1 Å². The number of nitrogens with one attached hydrogen (secondary N) is 1. The number of aliphatic hydroxyl groups excluding tert-OH is 1. The second-order valence-corrected chi connectivity index (χ2v) is 16.2. The van der Waals surface area contributed by atoms with Crippen LogP contribution < -0.4 is 4.72 Å². The Labute approximate surface area is 331 Å². The summed E-state index contributed by atoms with van der Waals surface area (Å²) >= 11 is 1.50. The molecule has 4 atom stereocenters. The molecule has 0 amide bonds. The Balaban J connectivity index is 1.10. The minimum absolute atomic E-state index is 0.0567. The van der Waals surface area contributed by atoms with Crippen LogP contribution in [0.4, 0.5) is 0 Å². The molecule has 8 rings (SSSR count). The van der Waals surface area contributed by atoms with Gasteiger partial charge in [0.1, 0.15) is 5.69 Å². The highest BCUT2D eigenvalue weighted by Gasteiger charge is 2.42. The third-order valence-corrected chi connectivity index (χ3v) is 12.1. The van der Waals surface area contributed by atoms with Crippen LogP contribution in [0.15, 0.2) is 184 Å². The second-order valence-electron chi connectivity index (χ2n) is 13.5. The summed E-state index contributed by atoms with van der Waals surface area (Å²) in [5.74, 6) is 1.01. The van der Waals surface area contributed by atoms with Crippen molar-refractivity contribution in [2.24, 2.45) is 0 Å². The lowest BCUT2D eigenvalue weighted by Crippen LogP contribution is -2.38. The molecule has 0 radical (unpaired) electrons. The van der Waals surface area contributed by atoms with Crippen molar-refractivity contribution in [2.45, 2.75) is 47.7 Å². The molecule has 1 unspecified atom stereocenters. The second kappa shape index (κ2) is 17.2. The summed E-state index contributed by atoms with van der Waals surface area (Å²) < 4.78 is 48.7. The third-order valence-electron chi connectivity index (χ3n) is 9.80. The van der Waals surface area contributed by atoms with E-state index in [2.05, 4.69) is 16.9 Å². The Morgan fingerprint density at radius 2 is 1.20 bits per heavy atom. The fraction of sp³-hybridized carbons (Fsp3) is 0.152. The highest BCUT2D eigenvalue weighted by Crippen LogP contribution is 2.48. The molecule has 56 heavy (non-hydrogen) atoms. The van der Waals surface area contributed by atoms with Crippen molar-refractivity contribution in [3.63, 3.8) is 0 Å². The number of benzene rings is 6. The number of hydrogen-bond acceptors (Lipinski definition) is 8. The maximum absolute atomic E-state index is 12.9. The number of aromatic nitrogens is 1. The number of oxazole rings is 1. The van der Waals surface area contributed by atoms with Crippen LogP contribution in [0.3, 0.4) is 0 Å². The zero-order valence-electron chi connectivity index (χ0n) is 30.3. The number of nitrogens with zero attached hydrogens (tertiary/aromatic N) is 1. The van der Waals surface area contributed by atoms with Gasteiger partial charge in [-0.3, -0.25) is 0 Å². The van der Waals surface area contributed by atoms with E-state index in [-0.39, 0.29) is 30.1 Å². The molecule has 2 N–H and O–H groups in total. The van der Waals surface area contributed by atoms with Crippen LogP contribution in [-0.2, 0) is 32.6 Å².